The fraction of sp³-hybridized carbons (Fsp3) is 0.444. The molecular formula is C27H27FN2O5S. The topological polar surface area (TPSA) is 101 Å². The molecular weight excluding hydrogens is 483 g/mol. The smallest absolute Gasteiger partial charge is 0.245 e. The molecule has 4 aliphatic carbocycles. The number of sulfonamides is 1. The minimum Gasteiger partial charge on any atom is -0.325 e. The number of carbonyl (C=O) groups excluding carboxylic acids is 3. The van der Waals surface area contributed by atoms with E-state index in [0.717, 1.165) is 23.6 Å². The van der Waals surface area contributed by atoms with Gasteiger partial charge in [-0.25, -0.2) is 12.8 Å². The number of benzene rings is 2. The number of ketones is 2. The molecule has 5 aliphatic rings. The number of hydrogen-bond acceptors (Lipinski definition) is 5. The molecule has 4 fully saturated rings. The quantitative estimate of drug-likeness (QED) is 0.617. The van der Waals surface area contributed by atoms with E-state index < -0.39 is 45.5 Å². The number of Topliss-reactive ketones (excluding diaryl/α,β-unsaturated/α-hetero) is 2. The van der Waals surface area contributed by atoms with E-state index in [4.69, 9.17) is 0 Å². The van der Waals surface area contributed by atoms with Gasteiger partial charge in [0, 0.05) is 16.7 Å². The van der Waals surface area contributed by atoms with Crippen LogP contribution in [-0.4, -0.2) is 42.8 Å². The van der Waals surface area contributed by atoms with Crippen molar-refractivity contribution in [3.05, 3.63) is 59.9 Å². The SMILES string of the molecule is O=C(CN1C(C(=O)C23CC4CC(CC(C4)C2)C3)C(=O)c2ccccc2S1(=O)=O)Nc1ccc(F)cc1. The van der Waals surface area contributed by atoms with Gasteiger partial charge in [0.25, 0.3) is 0 Å². The maximum absolute atomic E-state index is 14.2. The lowest BCUT2D eigenvalue weighted by Crippen LogP contribution is -2.61. The highest BCUT2D eigenvalue weighted by Crippen LogP contribution is 2.61. The first-order chi connectivity index (χ1) is 17.2. The van der Waals surface area contributed by atoms with Crippen LogP contribution in [0.25, 0.3) is 0 Å². The van der Waals surface area contributed by atoms with Crippen molar-refractivity contribution in [1.29, 1.82) is 0 Å². The third-order valence-electron chi connectivity index (χ3n) is 8.51. The summed E-state index contributed by atoms with van der Waals surface area (Å²) in [7, 11) is -4.30. The Morgan fingerprint density at radius 1 is 0.944 bits per heavy atom. The number of carbonyl (C=O) groups is 3. The van der Waals surface area contributed by atoms with E-state index in [9.17, 15) is 27.2 Å². The van der Waals surface area contributed by atoms with Gasteiger partial charge in [-0.3, -0.25) is 14.4 Å². The number of hydrogen-bond donors (Lipinski definition) is 1. The van der Waals surface area contributed by atoms with Gasteiger partial charge in [0.2, 0.25) is 15.9 Å². The molecule has 188 valence electrons. The fourth-order valence-electron chi connectivity index (χ4n) is 7.44. The second-order valence-electron chi connectivity index (χ2n) is 10.9. The second kappa shape index (κ2) is 8.31. The summed E-state index contributed by atoms with van der Waals surface area (Å²) < 4.78 is 41.5. The molecule has 1 N–H and O–H groups in total. The molecule has 1 atom stereocenters. The summed E-state index contributed by atoms with van der Waals surface area (Å²) in [6.45, 7) is -0.692. The van der Waals surface area contributed by atoms with Gasteiger partial charge in [-0.1, -0.05) is 12.1 Å². The zero-order valence-corrected chi connectivity index (χ0v) is 20.5. The van der Waals surface area contributed by atoms with Crippen molar-refractivity contribution in [2.45, 2.75) is 49.5 Å². The van der Waals surface area contributed by atoms with E-state index in [1.54, 1.807) is 6.07 Å². The normalized spacial score (nSPS) is 32.2. The first-order valence-electron chi connectivity index (χ1n) is 12.4. The first-order valence-corrected chi connectivity index (χ1v) is 13.9. The number of halogens is 1. The highest BCUT2D eigenvalue weighted by molar-refractivity contribution is 7.89. The third-order valence-corrected chi connectivity index (χ3v) is 10.4. The van der Waals surface area contributed by atoms with Crippen molar-refractivity contribution >= 4 is 33.2 Å². The Bertz CT molecular complexity index is 1340. The Balaban J connectivity index is 1.37. The van der Waals surface area contributed by atoms with Gasteiger partial charge >= 0.3 is 0 Å². The number of amides is 1. The molecule has 2 aromatic carbocycles. The standard InChI is InChI=1S/C27H27FN2O5S/c28-19-5-7-20(8-6-19)29-23(31)15-30-24(25(32)21-3-1-2-4-22(21)36(30,34)35)26(33)27-12-16-9-17(13-27)11-18(10-16)14-27/h1-8,16-18,24H,9-15H2,(H,29,31). The minimum atomic E-state index is -4.30. The van der Waals surface area contributed by atoms with E-state index in [-0.39, 0.29) is 21.9 Å². The maximum atomic E-state index is 14.2. The van der Waals surface area contributed by atoms with Crippen LogP contribution in [0.2, 0.25) is 0 Å². The Morgan fingerprint density at radius 2 is 1.53 bits per heavy atom. The van der Waals surface area contributed by atoms with Crippen LogP contribution in [0.3, 0.4) is 0 Å². The lowest BCUT2D eigenvalue weighted by Gasteiger charge is -2.57. The molecule has 1 amide bonds. The van der Waals surface area contributed by atoms with Crippen LogP contribution in [-0.2, 0) is 19.6 Å². The predicted octanol–water partition coefficient (Wildman–Crippen LogP) is 3.81. The molecule has 7 nitrogen and oxygen atoms in total. The highest BCUT2D eigenvalue weighted by atomic mass is 32.2. The van der Waals surface area contributed by atoms with Crippen LogP contribution in [0.5, 0.6) is 0 Å². The van der Waals surface area contributed by atoms with Gasteiger partial charge in [0.1, 0.15) is 11.9 Å². The van der Waals surface area contributed by atoms with Crippen LogP contribution in [0.1, 0.15) is 48.9 Å². The molecule has 0 spiro atoms. The number of rotatable bonds is 5. The van der Waals surface area contributed by atoms with Crippen LogP contribution in [0.4, 0.5) is 10.1 Å². The molecule has 1 heterocycles. The molecule has 0 saturated heterocycles. The summed E-state index contributed by atoms with van der Waals surface area (Å²) in [5, 5.41) is 2.55. The van der Waals surface area contributed by atoms with E-state index in [0.29, 0.717) is 37.0 Å². The maximum Gasteiger partial charge on any atom is 0.245 e. The van der Waals surface area contributed by atoms with Crippen LogP contribution >= 0.6 is 0 Å². The molecule has 9 heteroatoms. The van der Waals surface area contributed by atoms with Crippen molar-refractivity contribution in [2.75, 3.05) is 11.9 Å². The van der Waals surface area contributed by atoms with Gasteiger partial charge < -0.3 is 5.32 Å². The summed E-state index contributed by atoms with van der Waals surface area (Å²) in [5.41, 5.74) is -0.440. The predicted molar refractivity (Wildman–Crippen MR) is 129 cm³/mol. The largest absolute Gasteiger partial charge is 0.325 e. The molecule has 4 bridgehead atoms. The molecule has 0 radical (unpaired) electrons. The average Bonchev–Trinajstić information content (AvgIpc) is 2.83. The fourth-order valence-corrected chi connectivity index (χ4v) is 9.15. The molecule has 36 heavy (non-hydrogen) atoms. The number of anilines is 1. The van der Waals surface area contributed by atoms with Crippen LogP contribution in [0, 0.1) is 29.0 Å². The third kappa shape index (κ3) is 3.71. The molecule has 7 rings (SSSR count). The Morgan fingerprint density at radius 3 is 2.14 bits per heavy atom. The molecule has 1 aliphatic heterocycles. The number of nitrogens with zero attached hydrogens (tertiary/aromatic N) is 1. The number of fused-ring (bicyclic) bond motifs is 1. The summed E-state index contributed by atoms with van der Waals surface area (Å²) in [6, 6.07) is 9.35. The molecule has 4 saturated carbocycles. The van der Waals surface area contributed by atoms with Gasteiger partial charge in [0.05, 0.1) is 11.4 Å². The average molecular weight is 511 g/mol. The number of nitrogens with one attached hydrogen (secondary N) is 1. The van der Waals surface area contributed by atoms with Crippen molar-refractivity contribution in [3.8, 4) is 0 Å². The van der Waals surface area contributed by atoms with Gasteiger partial charge in [-0.05, 0) is 92.7 Å². The zero-order valence-electron chi connectivity index (χ0n) is 19.7. The summed E-state index contributed by atoms with van der Waals surface area (Å²) in [6.07, 6.45) is 5.32. The summed E-state index contributed by atoms with van der Waals surface area (Å²) >= 11 is 0. The lowest BCUT2D eigenvalue weighted by atomic mass is 9.48. The Hall–Kier alpha value is -2.91. The van der Waals surface area contributed by atoms with Crippen molar-refractivity contribution < 1.29 is 27.2 Å². The molecule has 0 aromatic heterocycles. The minimum absolute atomic E-state index is 0.00392. The van der Waals surface area contributed by atoms with E-state index in [1.165, 1.54) is 42.5 Å². The van der Waals surface area contributed by atoms with Gasteiger partial charge in [-0.15, -0.1) is 0 Å². The summed E-state index contributed by atoms with van der Waals surface area (Å²) in [5.74, 6) is -0.834. The Kier molecular flexibility index (Phi) is 5.42. The van der Waals surface area contributed by atoms with Gasteiger partial charge in [0.15, 0.2) is 11.6 Å². The van der Waals surface area contributed by atoms with Crippen molar-refractivity contribution in [1.82, 2.24) is 4.31 Å². The lowest BCUT2D eigenvalue weighted by molar-refractivity contribution is -0.146. The van der Waals surface area contributed by atoms with Crippen molar-refractivity contribution in [2.24, 2.45) is 23.2 Å². The molecule has 1 unspecified atom stereocenters. The van der Waals surface area contributed by atoms with Gasteiger partial charge in [-0.2, -0.15) is 4.31 Å². The van der Waals surface area contributed by atoms with Crippen LogP contribution in [0.15, 0.2) is 53.4 Å². The summed E-state index contributed by atoms with van der Waals surface area (Å²) in [4.78, 5) is 40.7. The molecule has 2 aromatic rings. The second-order valence-corrected chi connectivity index (χ2v) is 12.8. The van der Waals surface area contributed by atoms with E-state index in [2.05, 4.69) is 5.32 Å². The van der Waals surface area contributed by atoms with E-state index in [1.807, 2.05) is 0 Å². The monoisotopic (exact) mass is 510 g/mol. The first kappa shape index (κ1) is 23.5. The van der Waals surface area contributed by atoms with E-state index >= 15 is 0 Å². The Labute approximate surface area is 209 Å². The zero-order chi connectivity index (χ0) is 25.2. The van der Waals surface area contributed by atoms with Crippen molar-refractivity contribution in [3.63, 3.8) is 0 Å². The highest BCUT2D eigenvalue weighted by Gasteiger charge is 2.59. The van der Waals surface area contributed by atoms with Crippen LogP contribution < -0.4 is 5.32 Å².